The fourth-order valence-corrected chi connectivity index (χ4v) is 8.68. The first-order chi connectivity index (χ1) is 24.8. The Kier molecular flexibility index (Phi) is 7.58. The van der Waals surface area contributed by atoms with Crippen LogP contribution >= 0.6 is 0 Å². The number of aryl methyl sites for hydroxylation is 4. The van der Waals surface area contributed by atoms with E-state index in [2.05, 4.69) is 183 Å². The van der Waals surface area contributed by atoms with Crippen LogP contribution in [0.15, 0.2) is 121 Å². The molecule has 0 bridgehead atoms. The minimum Gasteiger partial charge on any atom is -0.344 e. The largest absolute Gasteiger partial charge is 0.344 e. The maximum atomic E-state index is 2.40. The Bertz CT molecular complexity index is 2220. The molecule has 0 saturated heterocycles. The zero-order chi connectivity index (χ0) is 34.7. The Morgan fingerprint density at radius 1 is 0.412 bits per heavy atom. The number of hydrogen-bond acceptors (Lipinski definition) is 2. The standard InChI is InChI=1S/C49H44N2/c1-49(2)43-29-33(13-15-35-17-21-39-25-23-37-9-5-7-11-45(37)50(3)47(39)31-35)19-27-41(43)42-28-20-34(30-44(42)49)14-16-36-18-22-40-26-24-38-10-6-8-12-46(38)51(4)48(40)32-36/h5-22,27-32H,23-26H2,1-4H3/b15-13+,16-14+. The van der Waals surface area contributed by atoms with E-state index >= 15 is 0 Å². The predicted molar refractivity (Wildman–Crippen MR) is 219 cm³/mol. The molecule has 0 unspecified atom stereocenters. The molecule has 2 heteroatoms. The summed E-state index contributed by atoms with van der Waals surface area (Å²) < 4.78 is 0. The summed E-state index contributed by atoms with van der Waals surface area (Å²) in [6.45, 7) is 4.75. The van der Waals surface area contributed by atoms with Crippen LogP contribution in [0.3, 0.4) is 0 Å². The number of fused-ring (bicyclic) bond motifs is 7. The third-order valence-electron chi connectivity index (χ3n) is 11.6. The average molecular weight is 661 g/mol. The van der Waals surface area contributed by atoms with Crippen molar-refractivity contribution in [1.29, 1.82) is 0 Å². The van der Waals surface area contributed by atoms with E-state index in [1.807, 2.05) is 0 Å². The van der Waals surface area contributed by atoms with Crippen molar-refractivity contribution >= 4 is 47.1 Å². The molecule has 0 amide bonds. The van der Waals surface area contributed by atoms with Gasteiger partial charge in [-0.3, -0.25) is 0 Å². The SMILES string of the molecule is CN1c2ccccc2CCc2ccc(/C=C/c3ccc4c(c3)C(C)(C)c3cc(/C=C/c5ccc6c(c5)N(C)c5ccccc5CC6)ccc3-4)cc21. The van der Waals surface area contributed by atoms with Crippen molar-refractivity contribution in [2.24, 2.45) is 0 Å². The molecule has 2 heterocycles. The Hall–Kier alpha value is -5.60. The second-order valence-electron chi connectivity index (χ2n) is 15.1. The smallest absolute Gasteiger partial charge is 0.0446 e. The summed E-state index contributed by atoms with van der Waals surface area (Å²) in [7, 11) is 4.40. The number of rotatable bonds is 4. The number of nitrogens with zero attached hydrogens (tertiary/aromatic N) is 2. The molecule has 3 aliphatic rings. The molecule has 250 valence electrons. The van der Waals surface area contributed by atoms with Gasteiger partial charge in [-0.25, -0.2) is 0 Å². The number of para-hydroxylation sites is 2. The van der Waals surface area contributed by atoms with Crippen LogP contribution < -0.4 is 9.80 Å². The topological polar surface area (TPSA) is 6.48 Å². The van der Waals surface area contributed by atoms with E-state index in [0.29, 0.717) is 0 Å². The van der Waals surface area contributed by atoms with Gasteiger partial charge in [-0.15, -0.1) is 0 Å². The molecular formula is C49H44N2. The van der Waals surface area contributed by atoms with Crippen molar-refractivity contribution in [3.63, 3.8) is 0 Å². The number of hydrogen-bond donors (Lipinski definition) is 0. The highest BCUT2D eigenvalue weighted by atomic mass is 15.1. The van der Waals surface area contributed by atoms with Gasteiger partial charge < -0.3 is 9.80 Å². The van der Waals surface area contributed by atoms with E-state index in [1.165, 1.54) is 89.5 Å². The molecule has 0 spiro atoms. The number of anilines is 4. The van der Waals surface area contributed by atoms with Crippen LogP contribution in [-0.2, 0) is 31.1 Å². The number of benzene rings is 6. The van der Waals surface area contributed by atoms with E-state index in [1.54, 1.807) is 0 Å². The van der Waals surface area contributed by atoms with Gasteiger partial charge >= 0.3 is 0 Å². The fourth-order valence-electron chi connectivity index (χ4n) is 8.68. The lowest BCUT2D eigenvalue weighted by Crippen LogP contribution is -2.15. The lowest BCUT2D eigenvalue weighted by atomic mass is 9.81. The van der Waals surface area contributed by atoms with E-state index in [4.69, 9.17) is 0 Å². The third kappa shape index (κ3) is 5.51. The van der Waals surface area contributed by atoms with Crippen LogP contribution in [0.2, 0.25) is 0 Å². The van der Waals surface area contributed by atoms with Gasteiger partial charge in [-0.05, 0) is 117 Å². The summed E-state index contributed by atoms with van der Waals surface area (Å²) in [5.41, 5.74) is 21.2. The van der Waals surface area contributed by atoms with Crippen molar-refractivity contribution in [3.8, 4) is 11.1 Å². The minimum atomic E-state index is -0.0846. The van der Waals surface area contributed by atoms with E-state index in [0.717, 1.165) is 25.7 Å². The minimum absolute atomic E-state index is 0.0846. The maximum Gasteiger partial charge on any atom is 0.0446 e. The van der Waals surface area contributed by atoms with Crippen LogP contribution in [0.1, 0.15) is 69.5 Å². The third-order valence-corrected chi connectivity index (χ3v) is 11.6. The van der Waals surface area contributed by atoms with Gasteiger partial charge in [0.05, 0.1) is 0 Å². The van der Waals surface area contributed by atoms with E-state index < -0.39 is 0 Å². The van der Waals surface area contributed by atoms with E-state index in [9.17, 15) is 0 Å². The molecule has 1 aliphatic carbocycles. The van der Waals surface area contributed by atoms with Crippen molar-refractivity contribution in [2.75, 3.05) is 23.9 Å². The molecule has 6 aromatic rings. The second kappa shape index (κ2) is 12.3. The summed E-state index contributed by atoms with van der Waals surface area (Å²) in [6.07, 6.45) is 13.4. The summed E-state index contributed by atoms with van der Waals surface area (Å²) in [5, 5.41) is 0. The Balaban J connectivity index is 0.958. The molecule has 0 atom stereocenters. The molecule has 6 aromatic carbocycles. The summed E-state index contributed by atoms with van der Waals surface area (Å²) >= 11 is 0. The van der Waals surface area contributed by atoms with Gasteiger partial charge in [0.15, 0.2) is 0 Å². The molecule has 2 aliphatic heterocycles. The molecule has 0 fully saturated rings. The highest BCUT2D eigenvalue weighted by Crippen LogP contribution is 2.49. The van der Waals surface area contributed by atoms with Crippen molar-refractivity contribution < 1.29 is 0 Å². The monoisotopic (exact) mass is 660 g/mol. The summed E-state index contributed by atoms with van der Waals surface area (Å²) in [4.78, 5) is 4.72. The van der Waals surface area contributed by atoms with Crippen LogP contribution in [-0.4, -0.2) is 14.1 Å². The lowest BCUT2D eigenvalue weighted by Gasteiger charge is -2.22. The van der Waals surface area contributed by atoms with Crippen molar-refractivity contribution in [2.45, 2.75) is 44.9 Å². The molecule has 51 heavy (non-hydrogen) atoms. The lowest BCUT2D eigenvalue weighted by molar-refractivity contribution is 0.660. The highest BCUT2D eigenvalue weighted by molar-refractivity contribution is 5.85. The Labute approximate surface area is 303 Å². The first kappa shape index (κ1) is 31.4. The average Bonchev–Trinajstić information content (AvgIpc) is 3.24. The van der Waals surface area contributed by atoms with Crippen LogP contribution in [0.5, 0.6) is 0 Å². The maximum absolute atomic E-state index is 2.40. The second-order valence-corrected chi connectivity index (χ2v) is 15.1. The van der Waals surface area contributed by atoms with Crippen LogP contribution in [0.4, 0.5) is 22.7 Å². The first-order valence-electron chi connectivity index (χ1n) is 18.4. The Morgan fingerprint density at radius 3 is 1.20 bits per heavy atom. The summed E-state index contributed by atoms with van der Waals surface area (Å²) in [6, 6.07) is 45.4. The first-order valence-corrected chi connectivity index (χ1v) is 18.4. The van der Waals surface area contributed by atoms with Gasteiger partial charge in [0, 0.05) is 42.3 Å². The molecule has 9 rings (SSSR count). The highest BCUT2D eigenvalue weighted by Gasteiger charge is 2.35. The zero-order valence-electron chi connectivity index (χ0n) is 30.1. The molecular weight excluding hydrogens is 617 g/mol. The van der Waals surface area contributed by atoms with Gasteiger partial charge in [0.25, 0.3) is 0 Å². The normalized spacial score (nSPS) is 15.5. The van der Waals surface area contributed by atoms with Gasteiger partial charge in [0.2, 0.25) is 0 Å². The summed E-state index contributed by atoms with van der Waals surface area (Å²) in [5.74, 6) is 0. The molecule has 2 nitrogen and oxygen atoms in total. The molecule has 0 radical (unpaired) electrons. The molecule has 0 N–H and O–H groups in total. The van der Waals surface area contributed by atoms with E-state index in [-0.39, 0.29) is 5.41 Å². The fraction of sp³-hybridized carbons (Fsp3) is 0.184. The predicted octanol–water partition coefficient (Wildman–Crippen LogP) is 12.1. The van der Waals surface area contributed by atoms with Crippen LogP contribution in [0, 0.1) is 0 Å². The van der Waals surface area contributed by atoms with Gasteiger partial charge in [-0.2, -0.15) is 0 Å². The molecule has 0 saturated carbocycles. The van der Waals surface area contributed by atoms with Gasteiger partial charge in [0.1, 0.15) is 0 Å². The zero-order valence-corrected chi connectivity index (χ0v) is 30.1. The van der Waals surface area contributed by atoms with Crippen molar-refractivity contribution in [1.82, 2.24) is 0 Å². The van der Waals surface area contributed by atoms with Crippen LogP contribution in [0.25, 0.3) is 35.4 Å². The van der Waals surface area contributed by atoms with Crippen molar-refractivity contribution in [3.05, 3.63) is 177 Å². The van der Waals surface area contributed by atoms with Gasteiger partial charge in [-0.1, -0.05) is 135 Å². The molecule has 0 aromatic heterocycles. The quantitative estimate of drug-likeness (QED) is 0.174. The Morgan fingerprint density at radius 2 is 0.765 bits per heavy atom.